The van der Waals surface area contributed by atoms with Crippen molar-refractivity contribution in [3.05, 3.63) is 0 Å². The van der Waals surface area contributed by atoms with Crippen molar-refractivity contribution in [3.8, 4) is 0 Å². The number of aliphatic hydroxyl groups is 1. The maximum atomic E-state index is 9.67. The fraction of sp³-hybridized carbons (Fsp3) is 1.00. The zero-order chi connectivity index (χ0) is 8.10. The van der Waals surface area contributed by atoms with Crippen LogP contribution in [0.25, 0.3) is 0 Å². The van der Waals surface area contributed by atoms with Crippen molar-refractivity contribution in [2.24, 2.45) is 5.92 Å². The van der Waals surface area contributed by atoms with E-state index in [9.17, 15) is 5.11 Å². The second kappa shape index (κ2) is 4.76. The number of hydrogen-bond acceptors (Lipinski definition) is 1. The zero-order valence-electron chi connectivity index (χ0n) is 7.55. The van der Waals surface area contributed by atoms with Crippen molar-refractivity contribution in [1.29, 1.82) is 0 Å². The predicted molar refractivity (Wildman–Crippen MR) is 47.5 cm³/mol. The molecular weight excluding hydrogens is 136 g/mol. The number of rotatable bonds is 3. The van der Waals surface area contributed by atoms with Gasteiger partial charge in [-0.3, -0.25) is 0 Å². The fourth-order valence-electron chi connectivity index (χ4n) is 2.05. The Morgan fingerprint density at radius 3 is 2.45 bits per heavy atom. The van der Waals surface area contributed by atoms with E-state index in [2.05, 4.69) is 6.92 Å². The molecule has 1 rings (SSSR count). The number of hydrogen-bond donors (Lipinski definition) is 1. The van der Waals surface area contributed by atoms with Gasteiger partial charge in [0.1, 0.15) is 0 Å². The summed E-state index contributed by atoms with van der Waals surface area (Å²) in [5.41, 5.74) is 0. The first-order valence-electron chi connectivity index (χ1n) is 5.02. The molecule has 1 aliphatic rings. The molecule has 1 saturated carbocycles. The van der Waals surface area contributed by atoms with Crippen LogP contribution in [0.15, 0.2) is 0 Å². The molecule has 11 heavy (non-hydrogen) atoms. The summed E-state index contributed by atoms with van der Waals surface area (Å²) in [5.74, 6) is 0.628. The van der Waals surface area contributed by atoms with Gasteiger partial charge in [-0.2, -0.15) is 0 Å². The third-order valence-electron chi connectivity index (χ3n) is 2.78. The van der Waals surface area contributed by atoms with Gasteiger partial charge in [-0.25, -0.2) is 0 Å². The Labute approximate surface area is 69.8 Å². The van der Waals surface area contributed by atoms with E-state index in [0.29, 0.717) is 5.92 Å². The van der Waals surface area contributed by atoms with Crippen molar-refractivity contribution in [2.75, 3.05) is 0 Å². The first-order chi connectivity index (χ1) is 5.34. The molecular formula is C10H20O. The van der Waals surface area contributed by atoms with Crippen molar-refractivity contribution >= 4 is 0 Å². The molecule has 0 spiro atoms. The lowest BCUT2D eigenvalue weighted by atomic mass is 9.84. The van der Waals surface area contributed by atoms with Crippen LogP contribution in [0, 0.1) is 5.92 Å². The van der Waals surface area contributed by atoms with Gasteiger partial charge in [0.05, 0.1) is 6.10 Å². The van der Waals surface area contributed by atoms with E-state index in [1.54, 1.807) is 0 Å². The van der Waals surface area contributed by atoms with Crippen LogP contribution in [0.1, 0.15) is 51.9 Å². The van der Waals surface area contributed by atoms with Gasteiger partial charge in [0.15, 0.2) is 0 Å². The van der Waals surface area contributed by atoms with Crippen LogP contribution in [-0.2, 0) is 0 Å². The van der Waals surface area contributed by atoms with E-state index in [-0.39, 0.29) is 6.10 Å². The van der Waals surface area contributed by atoms with Crippen LogP contribution < -0.4 is 0 Å². The monoisotopic (exact) mass is 156 g/mol. The fourth-order valence-corrected chi connectivity index (χ4v) is 2.05. The summed E-state index contributed by atoms with van der Waals surface area (Å²) < 4.78 is 0. The first-order valence-corrected chi connectivity index (χ1v) is 5.02. The van der Waals surface area contributed by atoms with Crippen LogP contribution in [0.3, 0.4) is 0 Å². The van der Waals surface area contributed by atoms with E-state index < -0.39 is 0 Å². The molecule has 1 heteroatoms. The maximum Gasteiger partial charge on any atom is 0.0568 e. The molecule has 1 unspecified atom stereocenters. The Morgan fingerprint density at radius 2 is 1.91 bits per heavy atom. The summed E-state index contributed by atoms with van der Waals surface area (Å²) in [6, 6.07) is 0. The smallest absolute Gasteiger partial charge is 0.0568 e. The quantitative estimate of drug-likeness (QED) is 0.666. The van der Waals surface area contributed by atoms with Gasteiger partial charge in [0.25, 0.3) is 0 Å². The van der Waals surface area contributed by atoms with Crippen LogP contribution >= 0.6 is 0 Å². The molecule has 1 nitrogen and oxygen atoms in total. The Morgan fingerprint density at radius 1 is 1.27 bits per heavy atom. The Hall–Kier alpha value is -0.0400. The normalized spacial score (nSPS) is 23.5. The minimum atomic E-state index is 0.000278. The van der Waals surface area contributed by atoms with Gasteiger partial charge in [-0.15, -0.1) is 0 Å². The molecule has 0 aromatic heterocycles. The molecule has 1 atom stereocenters. The lowest BCUT2D eigenvalue weighted by Crippen LogP contribution is -2.22. The summed E-state index contributed by atoms with van der Waals surface area (Å²) in [6.07, 6.45) is 8.72. The predicted octanol–water partition coefficient (Wildman–Crippen LogP) is 2.73. The topological polar surface area (TPSA) is 20.2 Å². The molecule has 0 amide bonds. The third-order valence-corrected chi connectivity index (χ3v) is 2.78. The second-order valence-electron chi connectivity index (χ2n) is 3.75. The summed E-state index contributed by atoms with van der Waals surface area (Å²) in [6.45, 7) is 2.14. The van der Waals surface area contributed by atoms with Gasteiger partial charge < -0.3 is 5.11 Å². The van der Waals surface area contributed by atoms with Gasteiger partial charge in [0.2, 0.25) is 0 Å². The minimum absolute atomic E-state index is 0.000278. The summed E-state index contributed by atoms with van der Waals surface area (Å²) in [4.78, 5) is 0. The van der Waals surface area contributed by atoms with Gasteiger partial charge in [-0.1, -0.05) is 32.6 Å². The van der Waals surface area contributed by atoms with Crippen LogP contribution in [0.5, 0.6) is 0 Å². The molecule has 0 aromatic carbocycles. The molecule has 1 aliphatic carbocycles. The van der Waals surface area contributed by atoms with E-state index in [1.165, 1.54) is 32.1 Å². The highest BCUT2D eigenvalue weighted by Crippen LogP contribution is 2.27. The van der Waals surface area contributed by atoms with Gasteiger partial charge >= 0.3 is 0 Å². The Bertz CT molecular complexity index is 95.0. The molecule has 0 heterocycles. The summed E-state index contributed by atoms with van der Waals surface area (Å²) in [5, 5.41) is 9.67. The summed E-state index contributed by atoms with van der Waals surface area (Å²) in [7, 11) is 0. The molecule has 0 aromatic rings. The molecule has 66 valence electrons. The Balaban J connectivity index is 2.21. The van der Waals surface area contributed by atoms with Gasteiger partial charge in [-0.05, 0) is 25.2 Å². The van der Waals surface area contributed by atoms with Crippen molar-refractivity contribution in [1.82, 2.24) is 0 Å². The van der Waals surface area contributed by atoms with E-state index >= 15 is 0 Å². The maximum absolute atomic E-state index is 9.67. The van der Waals surface area contributed by atoms with E-state index in [1.807, 2.05) is 0 Å². The van der Waals surface area contributed by atoms with Crippen LogP contribution in [0.2, 0.25) is 0 Å². The third kappa shape index (κ3) is 2.82. The van der Waals surface area contributed by atoms with Crippen molar-refractivity contribution < 1.29 is 5.11 Å². The SMILES string of the molecule is CCCC(O)C1CCCCC1. The highest BCUT2D eigenvalue weighted by atomic mass is 16.3. The van der Waals surface area contributed by atoms with E-state index in [0.717, 1.165) is 12.8 Å². The molecule has 0 saturated heterocycles. The summed E-state index contributed by atoms with van der Waals surface area (Å²) >= 11 is 0. The lowest BCUT2D eigenvalue weighted by molar-refractivity contribution is 0.0766. The average molecular weight is 156 g/mol. The average Bonchev–Trinajstić information content (AvgIpc) is 2.07. The standard InChI is InChI=1S/C10H20O/c1-2-6-10(11)9-7-4-3-5-8-9/h9-11H,2-8H2,1H3. The van der Waals surface area contributed by atoms with Gasteiger partial charge in [0, 0.05) is 0 Å². The van der Waals surface area contributed by atoms with Crippen LogP contribution in [0.4, 0.5) is 0 Å². The highest BCUT2D eigenvalue weighted by molar-refractivity contribution is 4.72. The Kier molecular flexibility index (Phi) is 3.92. The van der Waals surface area contributed by atoms with Crippen molar-refractivity contribution in [2.45, 2.75) is 58.0 Å². The van der Waals surface area contributed by atoms with E-state index in [4.69, 9.17) is 0 Å². The molecule has 1 fully saturated rings. The molecule has 0 bridgehead atoms. The molecule has 1 N–H and O–H groups in total. The second-order valence-corrected chi connectivity index (χ2v) is 3.75. The molecule has 0 aliphatic heterocycles. The minimum Gasteiger partial charge on any atom is -0.393 e. The molecule has 0 radical (unpaired) electrons. The largest absolute Gasteiger partial charge is 0.393 e. The lowest BCUT2D eigenvalue weighted by Gasteiger charge is -2.26. The van der Waals surface area contributed by atoms with Crippen molar-refractivity contribution in [3.63, 3.8) is 0 Å². The number of aliphatic hydroxyl groups excluding tert-OH is 1. The highest BCUT2D eigenvalue weighted by Gasteiger charge is 2.20. The first kappa shape index (κ1) is 9.05. The zero-order valence-corrected chi connectivity index (χ0v) is 7.55. The van der Waals surface area contributed by atoms with Crippen LogP contribution in [-0.4, -0.2) is 11.2 Å².